The lowest BCUT2D eigenvalue weighted by molar-refractivity contribution is 0.0909. The quantitative estimate of drug-likeness (QED) is 0.725. The Bertz CT molecular complexity index is 922. The highest BCUT2D eigenvalue weighted by Crippen LogP contribution is 2.25. The summed E-state index contributed by atoms with van der Waals surface area (Å²) >= 11 is 0. The number of carbonyl (C=O) groups is 1. The van der Waals surface area contributed by atoms with E-state index in [1.807, 2.05) is 13.8 Å². The second-order valence-corrected chi connectivity index (χ2v) is 9.26. The molecule has 0 fully saturated rings. The third-order valence-corrected chi connectivity index (χ3v) is 6.30. The predicted octanol–water partition coefficient (Wildman–Crippen LogP) is 3.83. The lowest BCUT2D eigenvalue weighted by Crippen LogP contribution is -2.43. The molecule has 0 saturated heterocycles. The molecule has 2 aromatic rings. The van der Waals surface area contributed by atoms with Gasteiger partial charge in [0.25, 0.3) is 15.9 Å². The first-order valence-electron chi connectivity index (χ1n) is 9.16. The van der Waals surface area contributed by atoms with Gasteiger partial charge in [-0.25, -0.2) is 8.42 Å². The van der Waals surface area contributed by atoms with E-state index in [2.05, 4.69) is 12.2 Å². The topological polar surface area (TPSA) is 75.7 Å². The minimum absolute atomic E-state index is 0.0618. The van der Waals surface area contributed by atoms with Crippen molar-refractivity contribution in [1.29, 1.82) is 0 Å². The highest BCUT2D eigenvalue weighted by Gasteiger charge is 2.24. The van der Waals surface area contributed by atoms with E-state index in [1.54, 1.807) is 43.5 Å². The van der Waals surface area contributed by atoms with Gasteiger partial charge in [-0.15, -0.1) is 0 Å². The minimum atomic E-state index is -3.81. The highest BCUT2D eigenvalue weighted by molar-refractivity contribution is 7.92. The van der Waals surface area contributed by atoms with Crippen molar-refractivity contribution in [3.8, 4) is 5.75 Å². The lowest BCUT2D eigenvalue weighted by Gasteiger charge is -2.26. The maximum atomic E-state index is 13.0. The number of nitrogens with zero attached hydrogens (tertiary/aromatic N) is 1. The zero-order valence-corrected chi connectivity index (χ0v) is 17.8. The van der Waals surface area contributed by atoms with Gasteiger partial charge in [0, 0.05) is 18.2 Å². The Kier molecular flexibility index (Phi) is 6.72. The van der Waals surface area contributed by atoms with Crippen molar-refractivity contribution >= 4 is 21.6 Å². The van der Waals surface area contributed by atoms with Crippen LogP contribution >= 0.6 is 0 Å². The maximum absolute atomic E-state index is 13.0. The Morgan fingerprint density at radius 3 is 2.36 bits per heavy atom. The van der Waals surface area contributed by atoms with Crippen molar-refractivity contribution in [1.82, 2.24) is 5.32 Å². The molecule has 0 atom stereocenters. The number of nitrogens with one attached hydrogen (secondary N) is 1. The van der Waals surface area contributed by atoms with Crippen LogP contribution in [0.5, 0.6) is 5.75 Å². The van der Waals surface area contributed by atoms with Gasteiger partial charge in [0.05, 0.1) is 17.7 Å². The Labute approximate surface area is 167 Å². The van der Waals surface area contributed by atoms with Crippen molar-refractivity contribution in [3.05, 3.63) is 54.1 Å². The van der Waals surface area contributed by atoms with Crippen LogP contribution in [0.3, 0.4) is 0 Å². The summed E-state index contributed by atoms with van der Waals surface area (Å²) in [5.41, 5.74) is 0.453. The Balaban J connectivity index is 2.29. The number of sulfonamides is 1. The summed E-state index contributed by atoms with van der Waals surface area (Å²) in [6.45, 7) is 5.95. The smallest absolute Gasteiger partial charge is 0.264 e. The molecule has 0 saturated carbocycles. The van der Waals surface area contributed by atoms with E-state index in [9.17, 15) is 13.2 Å². The Morgan fingerprint density at radius 2 is 1.79 bits per heavy atom. The summed E-state index contributed by atoms with van der Waals surface area (Å²) in [5.74, 6) is 0.352. The van der Waals surface area contributed by atoms with Gasteiger partial charge >= 0.3 is 0 Å². The van der Waals surface area contributed by atoms with E-state index in [1.165, 1.54) is 23.5 Å². The molecule has 2 rings (SSSR count). The van der Waals surface area contributed by atoms with E-state index >= 15 is 0 Å². The fourth-order valence-corrected chi connectivity index (χ4v) is 4.20. The number of anilines is 1. The molecule has 1 N–H and O–H groups in total. The van der Waals surface area contributed by atoms with Gasteiger partial charge in [0.15, 0.2) is 0 Å². The van der Waals surface area contributed by atoms with Gasteiger partial charge < -0.3 is 10.1 Å². The molecule has 0 aliphatic rings. The van der Waals surface area contributed by atoms with E-state index < -0.39 is 10.0 Å². The van der Waals surface area contributed by atoms with E-state index in [4.69, 9.17) is 4.74 Å². The molecular formula is C21H28N2O4S. The van der Waals surface area contributed by atoms with Crippen LogP contribution in [0, 0.1) is 0 Å². The largest absolute Gasteiger partial charge is 0.497 e. The SMILES string of the molecule is CCCC(C)(C)NC(=O)c1cccc(S(=O)(=O)N(C)c2ccc(OC)cc2)c1. The van der Waals surface area contributed by atoms with Crippen LogP contribution in [0.25, 0.3) is 0 Å². The maximum Gasteiger partial charge on any atom is 0.264 e. The molecule has 0 aliphatic carbocycles. The first-order chi connectivity index (χ1) is 13.1. The lowest BCUT2D eigenvalue weighted by atomic mass is 9.98. The number of benzene rings is 2. The number of ether oxygens (including phenoxy) is 1. The van der Waals surface area contributed by atoms with Gasteiger partial charge in [-0.1, -0.05) is 19.4 Å². The fourth-order valence-electron chi connectivity index (χ4n) is 2.95. The average molecular weight is 405 g/mol. The second-order valence-electron chi connectivity index (χ2n) is 7.29. The van der Waals surface area contributed by atoms with Crippen LogP contribution in [0.1, 0.15) is 44.0 Å². The standard InChI is InChI=1S/C21H28N2O4S/c1-6-14-21(2,3)22-20(24)16-8-7-9-19(15-16)28(25,26)23(4)17-10-12-18(27-5)13-11-17/h7-13,15H,6,14H2,1-5H3,(H,22,24). The summed E-state index contributed by atoms with van der Waals surface area (Å²) in [6, 6.07) is 12.8. The van der Waals surface area contributed by atoms with Crippen molar-refractivity contribution in [2.45, 2.75) is 44.0 Å². The first-order valence-corrected chi connectivity index (χ1v) is 10.6. The summed E-state index contributed by atoms with van der Waals surface area (Å²) in [7, 11) is -0.779. The molecule has 2 aromatic carbocycles. The molecule has 0 heterocycles. The summed E-state index contributed by atoms with van der Waals surface area (Å²) in [6.07, 6.45) is 1.77. The van der Waals surface area contributed by atoms with Crippen molar-refractivity contribution in [3.63, 3.8) is 0 Å². The molecule has 7 heteroatoms. The zero-order valence-electron chi connectivity index (χ0n) is 17.0. The molecular weight excluding hydrogens is 376 g/mol. The normalized spacial score (nSPS) is 11.8. The second kappa shape index (κ2) is 8.65. The molecule has 0 spiro atoms. The highest BCUT2D eigenvalue weighted by atomic mass is 32.2. The molecule has 28 heavy (non-hydrogen) atoms. The van der Waals surface area contributed by atoms with E-state index in [-0.39, 0.29) is 16.3 Å². The van der Waals surface area contributed by atoms with Crippen molar-refractivity contribution < 1.29 is 17.9 Å². The van der Waals surface area contributed by atoms with Crippen molar-refractivity contribution in [2.24, 2.45) is 0 Å². The number of hydrogen-bond acceptors (Lipinski definition) is 4. The van der Waals surface area contributed by atoms with E-state index in [0.717, 1.165) is 12.8 Å². The molecule has 6 nitrogen and oxygen atoms in total. The molecule has 0 unspecified atom stereocenters. The third-order valence-electron chi connectivity index (χ3n) is 4.52. The molecule has 0 aromatic heterocycles. The first kappa shape index (κ1) is 21.8. The number of amides is 1. The summed E-state index contributed by atoms with van der Waals surface area (Å²) < 4.78 is 32.3. The third kappa shape index (κ3) is 5.04. The van der Waals surface area contributed by atoms with Gasteiger partial charge in [0.2, 0.25) is 0 Å². The predicted molar refractivity (Wildman–Crippen MR) is 111 cm³/mol. The monoisotopic (exact) mass is 404 g/mol. The van der Waals surface area contributed by atoms with Gasteiger partial charge in [0.1, 0.15) is 5.75 Å². The molecule has 152 valence electrons. The zero-order chi connectivity index (χ0) is 20.9. The van der Waals surface area contributed by atoms with Gasteiger partial charge in [-0.05, 0) is 62.7 Å². The summed E-state index contributed by atoms with van der Waals surface area (Å²) in [5, 5.41) is 2.96. The number of hydrogen-bond donors (Lipinski definition) is 1. The number of rotatable bonds is 8. The summed E-state index contributed by atoms with van der Waals surface area (Å²) in [4.78, 5) is 12.7. The molecule has 0 radical (unpaired) electrons. The van der Waals surface area contributed by atoms with E-state index in [0.29, 0.717) is 17.0 Å². The van der Waals surface area contributed by atoms with Crippen molar-refractivity contribution in [2.75, 3.05) is 18.5 Å². The van der Waals surface area contributed by atoms with Crippen LogP contribution in [0.15, 0.2) is 53.4 Å². The minimum Gasteiger partial charge on any atom is -0.497 e. The molecule has 1 amide bonds. The average Bonchev–Trinajstić information content (AvgIpc) is 2.67. The van der Waals surface area contributed by atoms with Crippen LogP contribution in [-0.4, -0.2) is 34.0 Å². The van der Waals surface area contributed by atoms with Gasteiger partial charge in [-0.3, -0.25) is 9.10 Å². The molecule has 0 aliphatic heterocycles. The Morgan fingerprint density at radius 1 is 1.14 bits per heavy atom. The van der Waals surface area contributed by atoms with Crippen LogP contribution in [0.4, 0.5) is 5.69 Å². The van der Waals surface area contributed by atoms with Crippen LogP contribution in [0.2, 0.25) is 0 Å². The number of carbonyl (C=O) groups excluding carboxylic acids is 1. The number of methoxy groups -OCH3 is 1. The Hall–Kier alpha value is -2.54. The van der Waals surface area contributed by atoms with Crippen LogP contribution < -0.4 is 14.4 Å². The molecule has 0 bridgehead atoms. The van der Waals surface area contributed by atoms with Crippen LogP contribution in [-0.2, 0) is 10.0 Å². The fraction of sp³-hybridized carbons (Fsp3) is 0.381. The van der Waals surface area contributed by atoms with Gasteiger partial charge in [-0.2, -0.15) is 0 Å².